The molecule has 5 rings (SSSR count). The topological polar surface area (TPSA) is 86.3 Å². The van der Waals surface area contributed by atoms with Crippen molar-refractivity contribution in [2.45, 2.75) is 31.9 Å². The fourth-order valence-electron chi connectivity index (χ4n) is 4.11. The maximum atomic E-state index is 13.2. The molecule has 1 fully saturated rings. The number of imidazole rings is 1. The molecule has 0 unspecified atom stereocenters. The standard InChI is InChI=1S/C23H23N5O3/c1-27-13-11-25-22(27)19-8-2-3-12-28(19)23(29)18-14-17(31-26-18)15-30-20-9-4-6-16-7-5-10-24-21(16)20/h4-7,9-11,13-14,19H,2-3,8,12,15H2,1H3/t19-/m1/s1. The number of para-hydroxylation sites is 1. The lowest BCUT2D eigenvalue weighted by atomic mass is 10.0. The van der Waals surface area contributed by atoms with Crippen LogP contribution >= 0.6 is 0 Å². The molecule has 31 heavy (non-hydrogen) atoms. The molecule has 8 nitrogen and oxygen atoms in total. The van der Waals surface area contributed by atoms with Crippen molar-refractivity contribution in [1.29, 1.82) is 0 Å². The third-order valence-electron chi connectivity index (χ3n) is 5.66. The number of aromatic nitrogens is 4. The first-order valence-electron chi connectivity index (χ1n) is 10.4. The Balaban J connectivity index is 1.31. The van der Waals surface area contributed by atoms with E-state index in [9.17, 15) is 4.79 Å². The number of piperidine rings is 1. The molecule has 158 valence electrons. The number of carbonyl (C=O) groups is 1. The summed E-state index contributed by atoms with van der Waals surface area (Å²) in [6, 6.07) is 11.2. The number of carbonyl (C=O) groups excluding carboxylic acids is 1. The minimum absolute atomic E-state index is 0.0561. The molecule has 1 aliphatic heterocycles. The normalized spacial score (nSPS) is 16.5. The second kappa shape index (κ2) is 8.22. The molecule has 1 atom stereocenters. The first kappa shape index (κ1) is 19.3. The van der Waals surface area contributed by atoms with Crippen LogP contribution in [-0.2, 0) is 13.7 Å². The maximum absolute atomic E-state index is 13.2. The van der Waals surface area contributed by atoms with Gasteiger partial charge in [0.1, 0.15) is 23.7 Å². The zero-order chi connectivity index (χ0) is 21.2. The highest BCUT2D eigenvalue weighted by Gasteiger charge is 2.32. The summed E-state index contributed by atoms with van der Waals surface area (Å²) in [4.78, 5) is 23.9. The fraction of sp³-hybridized carbons (Fsp3) is 0.304. The molecular weight excluding hydrogens is 394 g/mol. The monoisotopic (exact) mass is 417 g/mol. The van der Waals surface area contributed by atoms with E-state index in [0.717, 1.165) is 36.0 Å². The number of hydrogen-bond acceptors (Lipinski definition) is 6. The lowest BCUT2D eigenvalue weighted by molar-refractivity contribution is 0.0585. The van der Waals surface area contributed by atoms with Crippen LogP contribution in [0.1, 0.15) is 47.4 Å². The van der Waals surface area contributed by atoms with Gasteiger partial charge < -0.3 is 18.7 Å². The number of likely N-dealkylation sites (tertiary alicyclic amines) is 1. The summed E-state index contributed by atoms with van der Waals surface area (Å²) in [5.74, 6) is 1.90. The van der Waals surface area contributed by atoms with E-state index in [-0.39, 0.29) is 24.2 Å². The highest BCUT2D eigenvalue weighted by atomic mass is 16.5. The number of benzene rings is 1. The lowest BCUT2D eigenvalue weighted by Crippen LogP contribution is -2.39. The molecule has 0 bridgehead atoms. The molecule has 1 saturated heterocycles. The van der Waals surface area contributed by atoms with Gasteiger partial charge in [-0.15, -0.1) is 0 Å². The van der Waals surface area contributed by atoms with Crippen molar-refractivity contribution in [3.05, 3.63) is 72.3 Å². The van der Waals surface area contributed by atoms with Crippen LogP contribution in [0.2, 0.25) is 0 Å². The van der Waals surface area contributed by atoms with E-state index in [1.54, 1.807) is 18.5 Å². The Morgan fingerprint density at radius 3 is 2.97 bits per heavy atom. The van der Waals surface area contributed by atoms with Crippen LogP contribution in [0.4, 0.5) is 0 Å². The van der Waals surface area contributed by atoms with Crippen LogP contribution in [0.5, 0.6) is 5.75 Å². The number of ether oxygens (including phenoxy) is 1. The minimum atomic E-state index is -0.144. The second-order valence-electron chi connectivity index (χ2n) is 7.70. The van der Waals surface area contributed by atoms with E-state index in [0.29, 0.717) is 18.1 Å². The summed E-state index contributed by atoms with van der Waals surface area (Å²) in [7, 11) is 1.95. The molecule has 1 aliphatic rings. The average Bonchev–Trinajstić information content (AvgIpc) is 3.46. The van der Waals surface area contributed by atoms with Gasteiger partial charge in [0.2, 0.25) is 0 Å². The number of hydrogen-bond donors (Lipinski definition) is 0. The van der Waals surface area contributed by atoms with Crippen LogP contribution in [-0.4, -0.2) is 37.0 Å². The van der Waals surface area contributed by atoms with Crippen molar-refractivity contribution in [3.8, 4) is 5.75 Å². The van der Waals surface area contributed by atoms with Gasteiger partial charge in [-0.25, -0.2) is 4.98 Å². The predicted octanol–water partition coefficient (Wildman–Crippen LogP) is 3.90. The minimum Gasteiger partial charge on any atom is -0.483 e. The molecule has 4 aromatic rings. The summed E-state index contributed by atoms with van der Waals surface area (Å²) in [6.07, 6.45) is 8.32. The van der Waals surface area contributed by atoms with E-state index in [4.69, 9.17) is 9.26 Å². The summed E-state index contributed by atoms with van der Waals surface area (Å²) < 4.78 is 13.3. The van der Waals surface area contributed by atoms with Crippen molar-refractivity contribution in [3.63, 3.8) is 0 Å². The van der Waals surface area contributed by atoms with E-state index in [1.807, 2.05) is 53.0 Å². The van der Waals surface area contributed by atoms with Crippen LogP contribution < -0.4 is 4.74 Å². The van der Waals surface area contributed by atoms with Gasteiger partial charge in [0.05, 0.1) is 6.04 Å². The zero-order valence-corrected chi connectivity index (χ0v) is 17.3. The first-order chi connectivity index (χ1) is 15.2. The number of aryl methyl sites for hydroxylation is 1. The molecule has 0 saturated carbocycles. The first-order valence-corrected chi connectivity index (χ1v) is 10.4. The third-order valence-corrected chi connectivity index (χ3v) is 5.66. The van der Waals surface area contributed by atoms with Crippen molar-refractivity contribution >= 4 is 16.8 Å². The molecule has 8 heteroatoms. The van der Waals surface area contributed by atoms with Gasteiger partial charge in [-0.1, -0.05) is 23.4 Å². The molecule has 3 aromatic heterocycles. The molecular formula is C23H23N5O3. The Morgan fingerprint density at radius 1 is 1.19 bits per heavy atom. The van der Waals surface area contributed by atoms with Gasteiger partial charge in [0.15, 0.2) is 11.5 Å². The summed E-state index contributed by atoms with van der Waals surface area (Å²) >= 11 is 0. The van der Waals surface area contributed by atoms with Crippen LogP contribution in [0, 0.1) is 0 Å². The molecule has 1 aromatic carbocycles. The average molecular weight is 417 g/mol. The van der Waals surface area contributed by atoms with E-state index < -0.39 is 0 Å². The van der Waals surface area contributed by atoms with Crippen LogP contribution in [0.3, 0.4) is 0 Å². The second-order valence-corrected chi connectivity index (χ2v) is 7.70. The molecule has 0 spiro atoms. The fourth-order valence-corrected chi connectivity index (χ4v) is 4.11. The smallest absolute Gasteiger partial charge is 0.276 e. The van der Waals surface area contributed by atoms with E-state index >= 15 is 0 Å². The highest BCUT2D eigenvalue weighted by molar-refractivity contribution is 5.92. The van der Waals surface area contributed by atoms with E-state index in [1.165, 1.54) is 0 Å². The molecule has 0 N–H and O–H groups in total. The van der Waals surface area contributed by atoms with Gasteiger partial charge in [-0.3, -0.25) is 9.78 Å². The summed E-state index contributed by atoms with van der Waals surface area (Å²) in [5, 5.41) is 5.01. The molecule has 0 aliphatic carbocycles. The Labute approximate surface area is 179 Å². The number of fused-ring (bicyclic) bond motifs is 1. The Hall–Kier alpha value is -3.68. The quantitative estimate of drug-likeness (QED) is 0.489. The number of nitrogens with zero attached hydrogens (tertiary/aromatic N) is 5. The number of rotatable bonds is 5. The van der Waals surface area contributed by atoms with Crippen molar-refractivity contribution < 1.29 is 14.1 Å². The van der Waals surface area contributed by atoms with E-state index in [2.05, 4.69) is 15.1 Å². The van der Waals surface area contributed by atoms with Crippen LogP contribution in [0.25, 0.3) is 10.9 Å². The van der Waals surface area contributed by atoms with Gasteiger partial charge >= 0.3 is 0 Å². The number of amides is 1. The van der Waals surface area contributed by atoms with Crippen LogP contribution in [0.15, 0.2) is 59.5 Å². The zero-order valence-electron chi connectivity index (χ0n) is 17.3. The molecule has 0 radical (unpaired) electrons. The maximum Gasteiger partial charge on any atom is 0.276 e. The predicted molar refractivity (Wildman–Crippen MR) is 113 cm³/mol. The summed E-state index contributed by atoms with van der Waals surface area (Å²) in [5.41, 5.74) is 1.07. The Morgan fingerprint density at radius 2 is 2.10 bits per heavy atom. The number of pyridine rings is 1. The van der Waals surface area contributed by atoms with Crippen molar-refractivity contribution in [2.75, 3.05) is 6.54 Å². The summed E-state index contributed by atoms with van der Waals surface area (Å²) in [6.45, 7) is 0.843. The lowest BCUT2D eigenvalue weighted by Gasteiger charge is -2.34. The highest BCUT2D eigenvalue weighted by Crippen LogP contribution is 2.31. The third kappa shape index (κ3) is 3.76. The van der Waals surface area contributed by atoms with Gasteiger partial charge in [0.25, 0.3) is 5.91 Å². The molecule has 1 amide bonds. The van der Waals surface area contributed by atoms with Gasteiger partial charge in [0, 0.05) is 43.6 Å². The van der Waals surface area contributed by atoms with Crippen molar-refractivity contribution in [1.82, 2.24) is 24.6 Å². The van der Waals surface area contributed by atoms with Crippen molar-refractivity contribution in [2.24, 2.45) is 7.05 Å². The SMILES string of the molecule is Cn1ccnc1[C@H]1CCCCN1C(=O)c1cc(COc2cccc3cccnc23)on1. The Kier molecular flexibility index (Phi) is 5.11. The largest absolute Gasteiger partial charge is 0.483 e. The Bertz CT molecular complexity index is 1210. The molecule has 4 heterocycles. The van der Waals surface area contributed by atoms with Gasteiger partial charge in [-0.2, -0.15) is 0 Å². The van der Waals surface area contributed by atoms with Gasteiger partial charge in [-0.05, 0) is 31.4 Å².